The monoisotopic (exact) mass is 510 g/mol. The Hall–Kier alpha value is -3.85. The van der Waals surface area contributed by atoms with E-state index >= 15 is 0 Å². The van der Waals surface area contributed by atoms with Crippen molar-refractivity contribution in [2.45, 2.75) is 6.04 Å². The van der Waals surface area contributed by atoms with E-state index in [-0.39, 0.29) is 22.7 Å². The van der Waals surface area contributed by atoms with Crippen molar-refractivity contribution in [3.63, 3.8) is 0 Å². The first-order valence-corrected chi connectivity index (χ1v) is 10.5. The normalized spacial score (nSPS) is 16.2. The second kappa shape index (κ2) is 7.93. The van der Waals surface area contributed by atoms with Crippen molar-refractivity contribution in [1.29, 1.82) is 0 Å². The van der Waals surface area contributed by atoms with E-state index in [1.54, 1.807) is 30.3 Å². The lowest BCUT2D eigenvalue weighted by Crippen LogP contribution is -2.32. The molecular weight excluding hydrogens is 498 g/mol. The molecule has 6 nitrogen and oxygen atoms in total. The number of Topliss-reactive ketones (excluding diaryl/α,β-unsaturated/α-hetero) is 1. The SMILES string of the molecule is O=C(C1=C(O)C(=O)N(c2ccc(F)cc2F)C1c1ccccn1)c1cc2cc(Br)ccc2o1. The number of aliphatic hydroxyl groups excluding tert-OH is 1. The summed E-state index contributed by atoms with van der Waals surface area (Å²) in [7, 11) is 0. The van der Waals surface area contributed by atoms with Gasteiger partial charge in [-0.2, -0.15) is 0 Å². The highest BCUT2D eigenvalue weighted by Crippen LogP contribution is 2.42. The van der Waals surface area contributed by atoms with Crippen LogP contribution in [0.2, 0.25) is 0 Å². The molecular formula is C24H13BrF2N2O4. The van der Waals surface area contributed by atoms with Crippen LogP contribution in [0.15, 0.2) is 87.1 Å². The van der Waals surface area contributed by atoms with E-state index in [9.17, 15) is 23.5 Å². The maximum atomic E-state index is 14.7. The largest absolute Gasteiger partial charge is 0.503 e. The zero-order chi connectivity index (χ0) is 23.3. The number of nitrogens with zero attached hydrogens (tertiary/aromatic N) is 2. The molecule has 1 atom stereocenters. The molecule has 33 heavy (non-hydrogen) atoms. The highest BCUT2D eigenvalue weighted by molar-refractivity contribution is 9.10. The molecule has 0 radical (unpaired) electrons. The minimum absolute atomic E-state index is 0.111. The lowest BCUT2D eigenvalue weighted by Gasteiger charge is -2.26. The highest BCUT2D eigenvalue weighted by atomic mass is 79.9. The smallest absolute Gasteiger partial charge is 0.294 e. The molecule has 0 aliphatic carbocycles. The number of carbonyl (C=O) groups is 2. The fraction of sp³-hybridized carbons (Fsp3) is 0.0417. The van der Waals surface area contributed by atoms with Gasteiger partial charge in [-0.15, -0.1) is 0 Å². The Morgan fingerprint density at radius 3 is 2.64 bits per heavy atom. The highest BCUT2D eigenvalue weighted by Gasteiger charge is 2.46. The molecule has 1 aliphatic heterocycles. The number of pyridine rings is 1. The molecule has 0 bridgehead atoms. The third-order valence-electron chi connectivity index (χ3n) is 5.29. The molecule has 1 amide bonds. The number of carbonyl (C=O) groups excluding carboxylic acids is 2. The number of ketones is 1. The van der Waals surface area contributed by atoms with Crippen molar-refractivity contribution in [2.24, 2.45) is 0 Å². The Kier molecular flexibility index (Phi) is 5.05. The molecule has 5 rings (SSSR count). The molecule has 1 unspecified atom stereocenters. The quantitative estimate of drug-likeness (QED) is 0.358. The molecule has 3 heterocycles. The molecule has 1 aliphatic rings. The van der Waals surface area contributed by atoms with E-state index in [4.69, 9.17) is 4.42 Å². The van der Waals surface area contributed by atoms with Crippen LogP contribution in [0.3, 0.4) is 0 Å². The zero-order valence-corrected chi connectivity index (χ0v) is 18.2. The van der Waals surface area contributed by atoms with Gasteiger partial charge in [-0.05, 0) is 48.5 Å². The summed E-state index contributed by atoms with van der Waals surface area (Å²) in [5, 5.41) is 11.3. The summed E-state index contributed by atoms with van der Waals surface area (Å²) in [6.45, 7) is 0. The molecule has 0 saturated heterocycles. The van der Waals surface area contributed by atoms with Gasteiger partial charge in [-0.25, -0.2) is 8.78 Å². The second-order valence-corrected chi connectivity index (χ2v) is 8.23. The van der Waals surface area contributed by atoms with Crippen LogP contribution in [0.1, 0.15) is 22.3 Å². The van der Waals surface area contributed by atoms with Crippen LogP contribution >= 0.6 is 15.9 Å². The van der Waals surface area contributed by atoms with Gasteiger partial charge in [-0.3, -0.25) is 19.5 Å². The van der Waals surface area contributed by atoms with Crippen molar-refractivity contribution >= 4 is 44.3 Å². The fourth-order valence-electron chi connectivity index (χ4n) is 3.84. The van der Waals surface area contributed by atoms with Gasteiger partial charge in [-0.1, -0.05) is 22.0 Å². The number of hydrogen-bond acceptors (Lipinski definition) is 5. The molecule has 4 aromatic rings. The molecule has 0 fully saturated rings. The summed E-state index contributed by atoms with van der Waals surface area (Å²) in [5.74, 6) is -4.60. The van der Waals surface area contributed by atoms with Crippen molar-refractivity contribution in [3.8, 4) is 0 Å². The molecule has 2 aromatic carbocycles. The van der Waals surface area contributed by atoms with Gasteiger partial charge in [0.15, 0.2) is 11.5 Å². The van der Waals surface area contributed by atoms with Gasteiger partial charge >= 0.3 is 0 Å². The van der Waals surface area contributed by atoms with Crippen LogP contribution in [0, 0.1) is 11.6 Å². The van der Waals surface area contributed by atoms with E-state index < -0.39 is 35.1 Å². The number of halogens is 3. The number of rotatable bonds is 4. The maximum absolute atomic E-state index is 14.7. The van der Waals surface area contributed by atoms with Gasteiger partial charge in [0, 0.05) is 22.1 Å². The van der Waals surface area contributed by atoms with Crippen LogP contribution in [0.4, 0.5) is 14.5 Å². The molecule has 9 heteroatoms. The molecule has 0 spiro atoms. The topological polar surface area (TPSA) is 83.6 Å². The Labute approximate surface area is 193 Å². The van der Waals surface area contributed by atoms with Crippen LogP contribution in [-0.4, -0.2) is 21.8 Å². The van der Waals surface area contributed by atoms with Gasteiger partial charge < -0.3 is 9.52 Å². The predicted octanol–water partition coefficient (Wildman–Crippen LogP) is 5.65. The lowest BCUT2D eigenvalue weighted by molar-refractivity contribution is -0.117. The van der Waals surface area contributed by atoms with Gasteiger partial charge in [0.05, 0.1) is 17.0 Å². The Morgan fingerprint density at radius 1 is 1.09 bits per heavy atom. The van der Waals surface area contributed by atoms with E-state index in [2.05, 4.69) is 20.9 Å². The minimum Gasteiger partial charge on any atom is -0.503 e. The second-order valence-electron chi connectivity index (χ2n) is 7.31. The Morgan fingerprint density at radius 2 is 1.91 bits per heavy atom. The number of fused-ring (bicyclic) bond motifs is 1. The first-order chi connectivity index (χ1) is 15.8. The number of hydrogen-bond donors (Lipinski definition) is 1. The summed E-state index contributed by atoms with van der Waals surface area (Å²) in [4.78, 5) is 31.6. The number of benzene rings is 2. The van der Waals surface area contributed by atoms with E-state index in [1.165, 1.54) is 18.3 Å². The molecule has 2 aromatic heterocycles. The number of furan rings is 1. The number of anilines is 1. The summed E-state index contributed by atoms with van der Waals surface area (Å²) >= 11 is 3.35. The molecule has 164 valence electrons. The van der Waals surface area contributed by atoms with E-state index in [0.717, 1.165) is 21.5 Å². The number of aliphatic hydroxyl groups is 1. The van der Waals surface area contributed by atoms with Gasteiger partial charge in [0.25, 0.3) is 5.91 Å². The third kappa shape index (κ3) is 3.50. The first kappa shape index (κ1) is 21.0. The van der Waals surface area contributed by atoms with E-state index in [1.807, 2.05) is 0 Å². The summed E-state index contributed by atoms with van der Waals surface area (Å²) in [5.41, 5.74) is 0.0168. The Balaban J connectivity index is 1.67. The van der Waals surface area contributed by atoms with Crippen LogP contribution in [0.5, 0.6) is 0 Å². The van der Waals surface area contributed by atoms with Crippen LogP contribution in [0.25, 0.3) is 11.0 Å². The van der Waals surface area contributed by atoms with E-state index in [0.29, 0.717) is 17.0 Å². The molecule has 0 saturated carbocycles. The van der Waals surface area contributed by atoms with Gasteiger partial charge in [0.1, 0.15) is 23.3 Å². The molecule has 1 N–H and O–H groups in total. The average molecular weight is 511 g/mol. The first-order valence-electron chi connectivity index (χ1n) is 9.71. The number of amides is 1. The van der Waals surface area contributed by atoms with Crippen molar-refractivity contribution < 1.29 is 27.9 Å². The third-order valence-corrected chi connectivity index (χ3v) is 5.79. The number of aromatic nitrogens is 1. The Bertz CT molecular complexity index is 1470. The lowest BCUT2D eigenvalue weighted by atomic mass is 9.98. The predicted molar refractivity (Wildman–Crippen MR) is 119 cm³/mol. The maximum Gasteiger partial charge on any atom is 0.294 e. The summed E-state index contributed by atoms with van der Waals surface area (Å²) in [6.07, 6.45) is 1.44. The van der Waals surface area contributed by atoms with Crippen molar-refractivity contribution in [2.75, 3.05) is 4.90 Å². The summed E-state index contributed by atoms with van der Waals surface area (Å²) < 4.78 is 34.6. The standard InChI is InChI=1S/C24H13BrF2N2O4/c25-13-4-7-18-12(9-13)10-19(33-18)22(30)20-21(16-3-1-2-8-28-16)29(24(32)23(20)31)17-6-5-14(26)11-15(17)27/h1-11,21,31H. The summed E-state index contributed by atoms with van der Waals surface area (Å²) in [6, 6.07) is 12.8. The average Bonchev–Trinajstić information content (AvgIpc) is 3.33. The van der Waals surface area contributed by atoms with Crippen LogP contribution in [-0.2, 0) is 4.79 Å². The fourth-order valence-corrected chi connectivity index (χ4v) is 4.22. The van der Waals surface area contributed by atoms with Gasteiger partial charge in [0.2, 0.25) is 5.78 Å². The zero-order valence-electron chi connectivity index (χ0n) is 16.6. The van der Waals surface area contributed by atoms with Crippen molar-refractivity contribution in [1.82, 2.24) is 4.98 Å². The minimum atomic E-state index is -1.26. The van der Waals surface area contributed by atoms with Crippen LogP contribution < -0.4 is 4.90 Å². The van der Waals surface area contributed by atoms with Crippen molar-refractivity contribution in [3.05, 3.63) is 106 Å².